The van der Waals surface area contributed by atoms with Crippen molar-refractivity contribution in [2.75, 3.05) is 6.61 Å². The lowest BCUT2D eigenvalue weighted by molar-refractivity contribution is 0.281. The summed E-state index contributed by atoms with van der Waals surface area (Å²) < 4.78 is 5.98. The summed E-state index contributed by atoms with van der Waals surface area (Å²) in [7, 11) is -0.863. The molecule has 96 valence electrons. The molecule has 0 bridgehead atoms. The largest absolute Gasteiger partial charge is 0.475 e. The molecule has 0 aliphatic rings. The quantitative estimate of drug-likeness (QED) is 0.468. The molecular weight excluding hydrogens is 260 g/mol. The molecule has 18 heavy (non-hydrogen) atoms. The van der Waals surface area contributed by atoms with E-state index >= 15 is 0 Å². The molecule has 1 unspecified atom stereocenters. The minimum absolute atomic E-state index is 0.0761. The summed E-state index contributed by atoms with van der Waals surface area (Å²) in [4.78, 5) is 8.18. The molecule has 1 heterocycles. The maximum absolute atomic E-state index is 5.98. The molecule has 1 aromatic heterocycles. The van der Waals surface area contributed by atoms with Crippen LogP contribution in [0.3, 0.4) is 0 Å². The zero-order valence-corrected chi connectivity index (χ0v) is 13.1. The van der Waals surface area contributed by atoms with Gasteiger partial charge in [-0.2, -0.15) is 0 Å². The predicted molar refractivity (Wildman–Crippen MR) is 79.3 cm³/mol. The average Bonchev–Trinajstić information content (AvgIpc) is 2.34. The maximum Gasteiger partial charge on any atom is 0.475 e. The van der Waals surface area contributed by atoms with Gasteiger partial charge in [-0.05, 0) is 50.7 Å². The highest BCUT2D eigenvalue weighted by atomic mass is 32.1. The molecule has 0 aliphatic carbocycles. The van der Waals surface area contributed by atoms with E-state index in [-0.39, 0.29) is 11.1 Å². The van der Waals surface area contributed by atoms with Crippen molar-refractivity contribution in [2.45, 2.75) is 38.4 Å². The summed E-state index contributed by atoms with van der Waals surface area (Å²) in [6, 6.07) is 3.79. The predicted octanol–water partition coefficient (Wildman–Crippen LogP) is 3.66. The van der Waals surface area contributed by atoms with Crippen LogP contribution in [-0.4, -0.2) is 25.8 Å². The van der Waals surface area contributed by atoms with Crippen LogP contribution in [0.1, 0.15) is 32.4 Å². The Morgan fingerprint density at radius 3 is 2.56 bits per heavy atom. The first-order chi connectivity index (χ1) is 8.45. The van der Waals surface area contributed by atoms with Gasteiger partial charge in [-0.25, -0.2) is 9.42 Å². The molecule has 1 atom stereocenters. The minimum atomic E-state index is -0.863. The van der Waals surface area contributed by atoms with Crippen molar-refractivity contribution in [3.63, 3.8) is 0 Å². The topological polar surface area (TPSA) is 34.5 Å². The zero-order chi connectivity index (χ0) is 13.6. The molecule has 0 spiro atoms. The van der Waals surface area contributed by atoms with E-state index in [1.165, 1.54) is 0 Å². The smallest absolute Gasteiger partial charge is 0.265 e. The number of hydrogen-bond donors (Lipinski definition) is 0. The highest BCUT2D eigenvalue weighted by Crippen LogP contribution is 2.28. The van der Waals surface area contributed by atoms with Crippen LogP contribution >= 0.6 is 12.2 Å². The Balaban J connectivity index is 2.69. The van der Waals surface area contributed by atoms with Gasteiger partial charge in [-0.1, -0.05) is 0 Å². The van der Waals surface area contributed by atoms with E-state index in [9.17, 15) is 0 Å². The van der Waals surface area contributed by atoms with Gasteiger partial charge in [-0.15, -0.1) is 0 Å². The van der Waals surface area contributed by atoms with E-state index < -0.39 is 9.04 Å². The van der Waals surface area contributed by atoms with E-state index in [2.05, 4.69) is 42.5 Å². The lowest BCUT2D eigenvalue weighted by Crippen LogP contribution is -2.27. The van der Waals surface area contributed by atoms with E-state index in [4.69, 9.17) is 16.6 Å². The minimum Gasteiger partial charge on any atom is -0.265 e. The van der Waals surface area contributed by atoms with Crippen molar-refractivity contribution in [3.05, 3.63) is 30.1 Å². The van der Waals surface area contributed by atoms with Crippen LogP contribution in [-0.2, 0) is 4.43 Å². The molecular formula is C13H19N2OSSi+. The number of thiocarbonyl (C=S) groups is 1. The Kier molecular flexibility index (Phi) is 5.82. The number of pyridine rings is 1. The normalized spacial score (nSPS) is 12.7. The lowest BCUT2D eigenvalue weighted by Gasteiger charge is -2.14. The summed E-state index contributed by atoms with van der Waals surface area (Å²) in [6.07, 6.45) is 3.51. The van der Waals surface area contributed by atoms with Gasteiger partial charge in [0.2, 0.25) is 0 Å². The van der Waals surface area contributed by atoms with Crippen LogP contribution in [0.5, 0.6) is 0 Å². The van der Waals surface area contributed by atoms with Gasteiger partial charge in [0.15, 0.2) is 0 Å². The molecule has 0 N–H and O–H groups in total. The van der Waals surface area contributed by atoms with Gasteiger partial charge >= 0.3 is 9.04 Å². The standard InChI is InChI=1S/C13H19N2OSSi/c1-13(2,3)18(4)16-9-12(15-10-17)11-5-7-14-8-6-11/h5-8,12H,9H2,1-4H3/q+1. The fourth-order valence-corrected chi connectivity index (χ4v) is 2.25. The summed E-state index contributed by atoms with van der Waals surface area (Å²) in [5, 5.41) is 2.67. The van der Waals surface area contributed by atoms with Crippen LogP contribution in [0.4, 0.5) is 0 Å². The van der Waals surface area contributed by atoms with E-state index in [0.717, 1.165) is 5.56 Å². The summed E-state index contributed by atoms with van der Waals surface area (Å²) in [5.41, 5.74) is 1.06. The third-order valence-electron chi connectivity index (χ3n) is 2.81. The van der Waals surface area contributed by atoms with Crippen LogP contribution in [0.15, 0.2) is 29.5 Å². The van der Waals surface area contributed by atoms with Gasteiger partial charge in [-0.3, -0.25) is 4.98 Å². The molecule has 0 radical (unpaired) electrons. The highest BCUT2D eigenvalue weighted by Gasteiger charge is 2.39. The second-order valence-corrected chi connectivity index (χ2v) is 8.22. The first kappa shape index (κ1) is 15.2. The molecule has 1 aromatic rings. The Morgan fingerprint density at radius 2 is 2.06 bits per heavy atom. The molecule has 0 aliphatic heterocycles. The van der Waals surface area contributed by atoms with Crippen LogP contribution in [0, 0.1) is 0 Å². The SMILES string of the molecule is C[Si+](OCC(N=C=S)c1ccncc1)C(C)(C)C. The fraction of sp³-hybridized carbons (Fsp3) is 0.538. The summed E-state index contributed by atoms with van der Waals surface area (Å²) >= 11 is 4.70. The van der Waals surface area contributed by atoms with Gasteiger partial charge in [0.25, 0.3) is 0 Å². The van der Waals surface area contributed by atoms with E-state index in [0.29, 0.717) is 6.61 Å². The summed E-state index contributed by atoms with van der Waals surface area (Å²) in [5.74, 6) is 0. The van der Waals surface area contributed by atoms with Gasteiger partial charge < -0.3 is 0 Å². The van der Waals surface area contributed by atoms with Gasteiger partial charge in [0.1, 0.15) is 17.7 Å². The van der Waals surface area contributed by atoms with Crippen molar-refractivity contribution in [1.29, 1.82) is 0 Å². The number of aliphatic imine (C=N–C) groups is 1. The fourth-order valence-electron chi connectivity index (χ4n) is 1.28. The Labute approximate surface area is 116 Å². The van der Waals surface area contributed by atoms with Crippen molar-refractivity contribution < 1.29 is 4.43 Å². The first-order valence-corrected chi connectivity index (χ1v) is 8.20. The molecule has 5 heteroatoms. The number of rotatable bonds is 5. The molecule has 0 saturated carbocycles. The molecule has 3 nitrogen and oxygen atoms in total. The Morgan fingerprint density at radius 1 is 1.44 bits per heavy atom. The van der Waals surface area contributed by atoms with E-state index in [1.807, 2.05) is 12.1 Å². The van der Waals surface area contributed by atoms with Gasteiger partial charge in [0.05, 0.1) is 11.7 Å². The number of nitrogens with zero attached hydrogens (tertiary/aromatic N) is 2. The van der Waals surface area contributed by atoms with Gasteiger partial charge in [0, 0.05) is 12.4 Å². The van der Waals surface area contributed by atoms with Crippen LogP contribution in [0.2, 0.25) is 11.6 Å². The maximum atomic E-state index is 5.98. The van der Waals surface area contributed by atoms with Crippen molar-refractivity contribution in [1.82, 2.24) is 4.98 Å². The monoisotopic (exact) mass is 279 g/mol. The third kappa shape index (κ3) is 4.78. The first-order valence-electron chi connectivity index (χ1n) is 5.89. The molecule has 1 rings (SSSR count). The van der Waals surface area contributed by atoms with E-state index in [1.54, 1.807) is 12.4 Å². The van der Waals surface area contributed by atoms with Crippen LogP contribution in [0.25, 0.3) is 0 Å². The third-order valence-corrected chi connectivity index (χ3v) is 5.63. The van der Waals surface area contributed by atoms with Crippen molar-refractivity contribution in [3.8, 4) is 0 Å². The van der Waals surface area contributed by atoms with Crippen molar-refractivity contribution in [2.24, 2.45) is 4.99 Å². The zero-order valence-electron chi connectivity index (χ0n) is 11.3. The summed E-state index contributed by atoms with van der Waals surface area (Å²) in [6.45, 7) is 9.33. The average molecular weight is 279 g/mol. The second-order valence-electron chi connectivity index (χ2n) is 5.13. The lowest BCUT2D eigenvalue weighted by atomic mass is 10.1. The van der Waals surface area contributed by atoms with Crippen LogP contribution < -0.4 is 0 Å². The molecule has 0 fully saturated rings. The number of aromatic nitrogens is 1. The number of isothiocyanates is 1. The van der Waals surface area contributed by atoms with Crippen molar-refractivity contribution >= 4 is 26.4 Å². The molecule has 0 aromatic carbocycles. The highest BCUT2D eigenvalue weighted by molar-refractivity contribution is 7.78. The second kappa shape index (κ2) is 6.90. The molecule has 0 saturated heterocycles. The Hall–Kier alpha value is -0.873. The number of hydrogen-bond acceptors (Lipinski definition) is 4. The Bertz CT molecular complexity index is 413. The molecule has 0 amide bonds.